The van der Waals surface area contributed by atoms with Crippen LogP contribution in [-0.4, -0.2) is 93.3 Å². The molecule has 13 nitrogen and oxygen atoms in total. The number of hydrogen-bond acceptors (Lipinski definition) is 11. The van der Waals surface area contributed by atoms with E-state index in [9.17, 15) is 10.4 Å². The van der Waals surface area contributed by atoms with Gasteiger partial charge in [0.2, 0.25) is 5.95 Å². The number of rotatable bonds is 14. The fourth-order valence-corrected chi connectivity index (χ4v) is 6.59. The maximum absolute atomic E-state index is 10.6. The Kier molecular flexibility index (Phi) is 10.5. The molecule has 3 aliphatic rings. The Morgan fingerprint density at radius 3 is 2.57 bits per heavy atom. The molecule has 3 fully saturated rings. The number of aromatic nitrogens is 4. The topological polar surface area (TPSA) is 166 Å². The lowest BCUT2D eigenvalue weighted by Gasteiger charge is -2.38. The van der Waals surface area contributed by atoms with Crippen LogP contribution in [0.2, 0.25) is 0 Å². The maximum atomic E-state index is 10.6. The van der Waals surface area contributed by atoms with Crippen molar-refractivity contribution in [3.63, 3.8) is 0 Å². The lowest BCUT2D eigenvalue weighted by molar-refractivity contribution is -0.0485. The first-order valence-corrected chi connectivity index (χ1v) is 16.7. The van der Waals surface area contributed by atoms with E-state index < -0.39 is 5.60 Å². The van der Waals surface area contributed by atoms with Crippen molar-refractivity contribution in [3.8, 4) is 28.8 Å². The standard InChI is InChI=1S/C34H45N9O4/c1-24(19-37-23-36)47-31-17-25(3-4-26(31)18-35)27-20-38-33(39-21-27)40-30-22-43(41-32(30)46-14-11-34(44)9-2-10-34)29-7-5-28(6-8-29)42-12-15-45-16-13-42/h3-4,17,20-24,28-29,44H,2,5-16,19H2,1H3,(H2,36,37)(H,38,39,40)/t24-,28-,29-/m0/s1. The van der Waals surface area contributed by atoms with Crippen molar-refractivity contribution >= 4 is 18.0 Å². The number of hydrogen-bond donors (Lipinski definition) is 4. The van der Waals surface area contributed by atoms with Gasteiger partial charge in [-0.25, -0.2) is 9.97 Å². The van der Waals surface area contributed by atoms with Gasteiger partial charge in [0.15, 0.2) is 0 Å². The quantitative estimate of drug-likeness (QED) is 0.145. The third-order valence-corrected chi connectivity index (χ3v) is 9.56. The van der Waals surface area contributed by atoms with Crippen LogP contribution >= 0.6 is 0 Å². The van der Waals surface area contributed by atoms with Gasteiger partial charge in [-0.2, -0.15) is 5.26 Å². The van der Waals surface area contributed by atoms with Crippen LogP contribution in [0, 0.1) is 16.7 Å². The number of nitriles is 1. The number of anilines is 2. The summed E-state index contributed by atoms with van der Waals surface area (Å²) in [6.45, 7) is 6.36. The highest BCUT2D eigenvalue weighted by molar-refractivity contribution is 5.67. The van der Waals surface area contributed by atoms with Crippen LogP contribution in [-0.2, 0) is 4.74 Å². The van der Waals surface area contributed by atoms with E-state index in [1.54, 1.807) is 18.5 Å². The van der Waals surface area contributed by atoms with Gasteiger partial charge in [-0.3, -0.25) is 15.0 Å². The summed E-state index contributed by atoms with van der Waals surface area (Å²) in [6, 6.07) is 8.43. The van der Waals surface area contributed by atoms with Gasteiger partial charge in [-0.15, -0.1) is 5.10 Å². The number of morpholine rings is 1. The van der Waals surface area contributed by atoms with Gasteiger partial charge in [0, 0.05) is 43.5 Å². The second kappa shape index (κ2) is 15.1. The molecule has 1 aromatic carbocycles. The number of aliphatic hydroxyl groups is 1. The first-order valence-electron chi connectivity index (χ1n) is 16.7. The molecule has 47 heavy (non-hydrogen) atoms. The largest absolute Gasteiger partial charge is 0.487 e. The fraction of sp³-hybridized carbons (Fsp3) is 0.559. The van der Waals surface area contributed by atoms with Crippen molar-refractivity contribution in [1.29, 1.82) is 10.7 Å². The molecule has 250 valence electrons. The number of nitrogens with zero attached hydrogens (tertiary/aromatic N) is 6. The van der Waals surface area contributed by atoms with Crippen molar-refractivity contribution in [2.75, 3.05) is 44.8 Å². The Labute approximate surface area is 275 Å². The molecule has 2 aliphatic carbocycles. The summed E-state index contributed by atoms with van der Waals surface area (Å²) in [7, 11) is 0. The van der Waals surface area contributed by atoms with Gasteiger partial charge in [-0.05, 0) is 69.6 Å². The predicted octanol–water partition coefficient (Wildman–Crippen LogP) is 4.42. The van der Waals surface area contributed by atoms with Crippen LogP contribution in [0.25, 0.3) is 11.1 Å². The van der Waals surface area contributed by atoms with Crippen molar-refractivity contribution in [1.82, 2.24) is 30.0 Å². The number of nitrogens with one attached hydrogen (secondary N) is 3. The average molecular weight is 644 g/mol. The Morgan fingerprint density at radius 1 is 1.15 bits per heavy atom. The molecule has 0 bridgehead atoms. The normalized spacial score (nSPS) is 21.6. The van der Waals surface area contributed by atoms with E-state index in [-0.39, 0.29) is 12.1 Å². The van der Waals surface area contributed by atoms with Crippen molar-refractivity contribution in [2.45, 2.75) is 82.1 Å². The molecule has 3 aromatic rings. The molecule has 0 unspecified atom stereocenters. The molecule has 3 heterocycles. The molecule has 2 aromatic heterocycles. The summed E-state index contributed by atoms with van der Waals surface area (Å²) >= 11 is 0. The third-order valence-electron chi connectivity index (χ3n) is 9.56. The van der Waals surface area contributed by atoms with E-state index in [4.69, 9.17) is 24.7 Å². The van der Waals surface area contributed by atoms with Crippen molar-refractivity contribution < 1.29 is 19.3 Å². The molecular formula is C34H45N9O4. The molecule has 6 rings (SSSR count). The minimum Gasteiger partial charge on any atom is -0.487 e. The highest BCUT2D eigenvalue weighted by Crippen LogP contribution is 2.37. The molecule has 13 heteroatoms. The van der Waals surface area contributed by atoms with Crippen molar-refractivity contribution in [2.24, 2.45) is 0 Å². The second-order valence-corrected chi connectivity index (χ2v) is 12.8. The minimum absolute atomic E-state index is 0.240. The van der Waals surface area contributed by atoms with Gasteiger partial charge < -0.3 is 30.0 Å². The summed E-state index contributed by atoms with van der Waals surface area (Å²) in [5, 5.41) is 38.3. The van der Waals surface area contributed by atoms with Crippen LogP contribution < -0.4 is 20.1 Å². The van der Waals surface area contributed by atoms with Crippen LogP contribution in [0.5, 0.6) is 11.6 Å². The number of benzene rings is 1. The smallest absolute Gasteiger partial charge is 0.256 e. The van der Waals surface area contributed by atoms with Crippen LogP contribution in [0.4, 0.5) is 11.6 Å². The molecule has 1 atom stereocenters. The summed E-state index contributed by atoms with van der Waals surface area (Å²) in [4.78, 5) is 11.7. The van der Waals surface area contributed by atoms with Crippen LogP contribution in [0.15, 0.2) is 36.8 Å². The third kappa shape index (κ3) is 8.19. The van der Waals surface area contributed by atoms with E-state index in [1.807, 2.05) is 29.9 Å². The summed E-state index contributed by atoms with van der Waals surface area (Å²) < 4.78 is 19.7. The predicted molar refractivity (Wildman–Crippen MR) is 177 cm³/mol. The second-order valence-electron chi connectivity index (χ2n) is 12.8. The molecule has 1 saturated heterocycles. The molecule has 4 N–H and O–H groups in total. The van der Waals surface area contributed by atoms with E-state index in [2.05, 4.69) is 31.6 Å². The van der Waals surface area contributed by atoms with Gasteiger partial charge in [0.25, 0.3) is 5.88 Å². The Hall–Kier alpha value is -4.25. The van der Waals surface area contributed by atoms with E-state index in [0.29, 0.717) is 54.4 Å². The molecule has 0 radical (unpaired) electrons. The zero-order chi connectivity index (χ0) is 32.6. The van der Waals surface area contributed by atoms with Crippen LogP contribution in [0.3, 0.4) is 0 Å². The lowest BCUT2D eigenvalue weighted by atomic mass is 9.78. The van der Waals surface area contributed by atoms with Gasteiger partial charge in [0.05, 0.1) is 56.1 Å². The number of ether oxygens (including phenoxy) is 3. The monoisotopic (exact) mass is 643 g/mol. The Bertz CT molecular complexity index is 1520. The van der Waals surface area contributed by atoms with Crippen LogP contribution in [0.1, 0.15) is 69.9 Å². The minimum atomic E-state index is -0.626. The van der Waals surface area contributed by atoms with E-state index >= 15 is 0 Å². The maximum Gasteiger partial charge on any atom is 0.256 e. The highest BCUT2D eigenvalue weighted by Gasteiger charge is 2.34. The summed E-state index contributed by atoms with van der Waals surface area (Å²) in [6.07, 6.45) is 13.9. The van der Waals surface area contributed by atoms with Gasteiger partial charge in [-0.1, -0.05) is 6.07 Å². The summed E-state index contributed by atoms with van der Waals surface area (Å²) in [5.74, 6) is 1.35. The Morgan fingerprint density at radius 2 is 1.89 bits per heavy atom. The highest BCUT2D eigenvalue weighted by atomic mass is 16.5. The molecule has 1 aliphatic heterocycles. The fourth-order valence-electron chi connectivity index (χ4n) is 6.59. The van der Waals surface area contributed by atoms with Crippen molar-refractivity contribution in [3.05, 3.63) is 42.4 Å². The lowest BCUT2D eigenvalue weighted by Crippen LogP contribution is -2.45. The zero-order valence-electron chi connectivity index (χ0n) is 27.0. The first kappa shape index (κ1) is 32.7. The molecule has 0 spiro atoms. The van der Waals surface area contributed by atoms with E-state index in [0.717, 1.165) is 88.7 Å². The summed E-state index contributed by atoms with van der Waals surface area (Å²) in [5.41, 5.74) is 2.08. The molecular weight excluding hydrogens is 598 g/mol. The zero-order valence-corrected chi connectivity index (χ0v) is 27.0. The Balaban J connectivity index is 1.14. The van der Waals surface area contributed by atoms with Gasteiger partial charge >= 0.3 is 0 Å². The first-order chi connectivity index (χ1) is 22.9. The molecule has 2 saturated carbocycles. The average Bonchev–Trinajstić information content (AvgIpc) is 3.49. The SMILES string of the molecule is C[C@@H](CNC=N)Oc1cc(-c2cnc(Nc3cn([C@H]4CC[C@H](N5CCOCC5)CC4)nc3OCCC3(O)CCC3)nc2)ccc1C#N. The van der Waals surface area contributed by atoms with Gasteiger partial charge in [0.1, 0.15) is 23.6 Å². The van der Waals surface area contributed by atoms with E-state index in [1.165, 1.54) is 0 Å². The molecule has 0 amide bonds.